The average Bonchev–Trinajstić information content (AvgIpc) is 2.64. The quantitative estimate of drug-likeness (QED) is 0.728. The van der Waals surface area contributed by atoms with Crippen LogP contribution < -0.4 is 5.56 Å². The van der Waals surface area contributed by atoms with Gasteiger partial charge in [-0.05, 0) is 47.0 Å². The van der Waals surface area contributed by atoms with Gasteiger partial charge in [-0.2, -0.15) is 0 Å². The maximum atomic E-state index is 12.3. The van der Waals surface area contributed by atoms with Crippen molar-refractivity contribution in [1.82, 2.24) is 4.57 Å². The number of pyridine rings is 1. The third-order valence-corrected chi connectivity index (χ3v) is 4.16. The maximum absolute atomic E-state index is 12.3. The lowest BCUT2D eigenvalue weighted by molar-refractivity contribution is 0.0697. The van der Waals surface area contributed by atoms with Gasteiger partial charge in [0.25, 0.3) is 5.56 Å². The van der Waals surface area contributed by atoms with Crippen LogP contribution in [0.4, 0.5) is 0 Å². The topological polar surface area (TPSA) is 59.3 Å². The van der Waals surface area contributed by atoms with E-state index in [1.807, 2.05) is 42.5 Å². The number of hydrogen-bond acceptors (Lipinski definition) is 2. The summed E-state index contributed by atoms with van der Waals surface area (Å²) in [5.74, 6) is -0.967. The van der Waals surface area contributed by atoms with E-state index in [1.54, 1.807) is 29.0 Å². The number of hydrogen-bond donors (Lipinski definition) is 1. The molecule has 0 radical (unpaired) electrons. The minimum Gasteiger partial charge on any atom is -0.478 e. The molecular weight excluding hydrogens is 350 g/mol. The normalized spacial score (nSPS) is 11.0. The van der Waals surface area contributed by atoms with E-state index in [2.05, 4.69) is 0 Å². The predicted molar refractivity (Wildman–Crippen MR) is 104 cm³/mol. The van der Waals surface area contributed by atoms with Crippen molar-refractivity contribution in [3.05, 3.63) is 104 Å². The zero-order valence-corrected chi connectivity index (χ0v) is 14.6. The van der Waals surface area contributed by atoms with Gasteiger partial charge in [-0.25, -0.2) is 4.79 Å². The van der Waals surface area contributed by atoms with Crippen molar-refractivity contribution >= 4 is 29.7 Å². The molecular formula is C21H16ClNO3. The Morgan fingerprint density at radius 1 is 0.962 bits per heavy atom. The maximum Gasteiger partial charge on any atom is 0.335 e. The van der Waals surface area contributed by atoms with Gasteiger partial charge in [-0.15, -0.1) is 0 Å². The molecule has 0 aliphatic heterocycles. The lowest BCUT2D eigenvalue weighted by Crippen LogP contribution is -2.19. The van der Waals surface area contributed by atoms with Crippen molar-refractivity contribution in [3.8, 4) is 0 Å². The summed E-state index contributed by atoms with van der Waals surface area (Å²) in [6, 6.07) is 17.4. The molecule has 0 aliphatic rings. The number of carbonyl (C=O) groups is 1. The van der Waals surface area contributed by atoms with E-state index >= 15 is 0 Å². The Hall–Kier alpha value is -3.11. The number of halogens is 1. The number of nitrogens with zero attached hydrogens (tertiary/aromatic N) is 1. The minimum atomic E-state index is -0.967. The first-order valence-electron chi connectivity index (χ1n) is 7.98. The Morgan fingerprint density at radius 2 is 1.62 bits per heavy atom. The van der Waals surface area contributed by atoms with Crippen LogP contribution in [0.1, 0.15) is 27.0 Å². The Kier molecular flexibility index (Phi) is 5.34. The molecule has 0 spiro atoms. The van der Waals surface area contributed by atoms with Crippen LogP contribution in [-0.4, -0.2) is 15.6 Å². The molecule has 0 fully saturated rings. The van der Waals surface area contributed by atoms with Crippen molar-refractivity contribution in [2.24, 2.45) is 0 Å². The highest BCUT2D eigenvalue weighted by atomic mass is 35.5. The number of carboxylic acid groups (broad SMARTS) is 1. The van der Waals surface area contributed by atoms with Crippen LogP contribution >= 0.6 is 11.6 Å². The minimum absolute atomic E-state index is 0.120. The van der Waals surface area contributed by atoms with E-state index in [-0.39, 0.29) is 11.1 Å². The smallest absolute Gasteiger partial charge is 0.335 e. The van der Waals surface area contributed by atoms with Crippen LogP contribution in [0.3, 0.4) is 0 Å². The Labute approximate surface area is 155 Å². The average molecular weight is 366 g/mol. The highest BCUT2D eigenvalue weighted by Gasteiger charge is 2.03. The summed E-state index contributed by atoms with van der Waals surface area (Å²) < 4.78 is 1.58. The molecule has 0 amide bonds. The second-order valence-electron chi connectivity index (χ2n) is 5.81. The van der Waals surface area contributed by atoms with Crippen LogP contribution in [0.25, 0.3) is 12.2 Å². The SMILES string of the molecule is O=C(O)c1ccc(Cn2ccc(/C=C/c3ccc(Cl)cc3)cc2=O)cc1. The third-order valence-electron chi connectivity index (χ3n) is 3.91. The molecule has 1 heterocycles. The third kappa shape index (κ3) is 4.49. The van der Waals surface area contributed by atoms with E-state index < -0.39 is 5.97 Å². The molecule has 0 saturated heterocycles. The Bertz CT molecular complexity index is 1000. The summed E-state index contributed by atoms with van der Waals surface area (Å²) in [5, 5.41) is 9.60. The fourth-order valence-corrected chi connectivity index (χ4v) is 2.60. The van der Waals surface area contributed by atoms with Gasteiger partial charge < -0.3 is 9.67 Å². The number of carboxylic acids is 1. The molecule has 5 heteroatoms. The second kappa shape index (κ2) is 7.85. The molecule has 0 aliphatic carbocycles. The highest BCUT2D eigenvalue weighted by molar-refractivity contribution is 6.30. The van der Waals surface area contributed by atoms with Crippen LogP contribution in [0.2, 0.25) is 5.02 Å². The standard InChI is InChI=1S/C21H16ClNO3/c22-19-9-5-15(6-10-19)1-2-16-11-12-23(20(24)13-16)14-17-3-7-18(8-4-17)21(25)26/h1-13H,14H2,(H,25,26)/b2-1+. The summed E-state index contributed by atoms with van der Waals surface area (Å²) in [6.07, 6.45) is 5.52. The highest BCUT2D eigenvalue weighted by Crippen LogP contribution is 2.12. The molecule has 0 bridgehead atoms. The first-order chi connectivity index (χ1) is 12.5. The second-order valence-corrected chi connectivity index (χ2v) is 6.25. The van der Waals surface area contributed by atoms with Crippen molar-refractivity contribution in [3.63, 3.8) is 0 Å². The first kappa shape index (κ1) is 17.7. The summed E-state index contributed by atoms with van der Waals surface area (Å²) in [5.41, 5.74) is 2.77. The summed E-state index contributed by atoms with van der Waals surface area (Å²) in [4.78, 5) is 23.2. The van der Waals surface area contributed by atoms with Gasteiger partial charge in [0.2, 0.25) is 0 Å². The number of rotatable bonds is 5. The van der Waals surface area contributed by atoms with Gasteiger partial charge in [-0.1, -0.05) is 48.0 Å². The van der Waals surface area contributed by atoms with Crippen LogP contribution in [-0.2, 0) is 6.54 Å². The zero-order valence-electron chi connectivity index (χ0n) is 13.8. The molecule has 0 unspecified atom stereocenters. The van der Waals surface area contributed by atoms with E-state index in [9.17, 15) is 9.59 Å². The molecule has 4 nitrogen and oxygen atoms in total. The molecule has 0 atom stereocenters. The predicted octanol–water partition coefficient (Wildman–Crippen LogP) is 4.42. The van der Waals surface area contributed by atoms with Crippen molar-refractivity contribution in [2.75, 3.05) is 0 Å². The monoisotopic (exact) mass is 365 g/mol. The fourth-order valence-electron chi connectivity index (χ4n) is 2.47. The summed E-state index contributed by atoms with van der Waals surface area (Å²) in [7, 11) is 0. The largest absolute Gasteiger partial charge is 0.478 e. The molecule has 0 saturated carbocycles. The van der Waals surface area contributed by atoms with Gasteiger partial charge in [-0.3, -0.25) is 4.79 Å². The summed E-state index contributed by atoms with van der Waals surface area (Å²) >= 11 is 5.86. The Balaban J connectivity index is 1.73. The van der Waals surface area contributed by atoms with Crippen molar-refractivity contribution in [2.45, 2.75) is 6.54 Å². The van der Waals surface area contributed by atoms with Gasteiger partial charge in [0.15, 0.2) is 0 Å². The number of aromatic nitrogens is 1. The Morgan fingerprint density at radius 3 is 2.23 bits per heavy atom. The van der Waals surface area contributed by atoms with Gasteiger partial charge in [0.05, 0.1) is 12.1 Å². The van der Waals surface area contributed by atoms with E-state index in [0.29, 0.717) is 11.6 Å². The molecule has 1 N–H and O–H groups in total. The zero-order chi connectivity index (χ0) is 18.5. The molecule has 2 aromatic carbocycles. The van der Waals surface area contributed by atoms with Crippen LogP contribution in [0.15, 0.2) is 71.7 Å². The number of aromatic carboxylic acids is 1. The van der Waals surface area contributed by atoms with Crippen molar-refractivity contribution in [1.29, 1.82) is 0 Å². The molecule has 3 aromatic rings. The number of benzene rings is 2. The van der Waals surface area contributed by atoms with Crippen LogP contribution in [0.5, 0.6) is 0 Å². The fraction of sp³-hybridized carbons (Fsp3) is 0.0476. The van der Waals surface area contributed by atoms with Gasteiger partial charge >= 0.3 is 5.97 Å². The van der Waals surface area contributed by atoms with E-state index in [4.69, 9.17) is 16.7 Å². The lowest BCUT2D eigenvalue weighted by Gasteiger charge is -2.06. The molecule has 130 valence electrons. The molecule has 3 rings (SSSR count). The molecule has 1 aromatic heterocycles. The van der Waals surface area contributed by atoms with Crippen LogP contribution in [0, 0.1) is 0 Å². The molecule has 26 heavy (non-hydrogen) atoms. The lowest BCUT2D eigenvalue weighted by atomic mass is 10.1. The first-order valence-corrected chi connectivity index (χ1v) is 8.35. The van der Waals surface area contributed by atoms with E-state index in [0.717, 1.165) is 16.7 Å². The van der Waals surface area contributed by atoms with Gasteiger partial charge in [0, 0.05) is 17.3 Å². The van der Waals surface area contributed by atoms with Crippen molar-refractivity contribution < 1.29 is 9.90 Å². The summed E-state index contributed by atoms with van der Waals surface area (Å²) in [6.45, 7) is 0.389. The van der Waals surface area contributed by atoms with E-state index in [1.165, 1.54) is 12.1 Å². The van der Waals surface area contributed by atoms with Gasteiger partial charge in [0.1, 0.15) is 0 Å².